The molecule has 1 aromatic heterocycles. The molecular weight excluding hydrogens is 316 g/mol. The van der Waals surface area contributed by atoms with E-state index in [-0.39, 0.29) is 5.91 Å². The van der Waals surface area contributed by atoms with E-state index < -0.39 is 0 Å². The number of anilines is 1. The molecule has 0 saturated heterocycles. The number of amides is 1. The maximum atomic E-state index is 12.6. The number of hydrogen-bond donors (Lipinski definition) is 1. The molecule has 126 valence electrons. The Morgan fingerprint density at radius 2 is 2.08 bits per heavy atom. The maximum absolute atomic E-state index is 12.6. The van der Waals surface area contributed by atoms with Gasteiger partial charge in [-0.1, -0.05) is 6.07 Å². The summed E-state index contributed by atoms with van der Waals surface area (Å²) < 4.78 is 0. The van der Waals surface area contributed by atoms with Crippen LogP contribution in [0.3, 0.4) is 0 Å². The highest BCUT2D eigenvalue weighted by Gasteiger charge is 2.40. The molecule has 3 nitrogen and oxygen atoms in total. The zero-order valence-electron chi connectivity index (χ0n) is 14.3. The molecule has 1 N–H and O–H groups in total. The van der Waals surface area contributed by atoms with Gasteiger partial charge in [-0.3, -0.25) is 9.69 Å². The number of benzene rings is 1. The molecule has 1 atom stereocenters. The minimum atomic E-state index is 0.0996. The predicted octanol–water partition coefficient (Wildman–Crippen LogP) is 4.31. The zero-order chi connectivity index (χ0) is 16.7. The number of carbonyl (C=O) groups is 1. The molecule has 1 aromatic carbocycles. The molecule has 4 rings (SSSR count). The van der Waals surface area contributed by atoms with Crippen LogP contribution in [-0.4, -0.2) is 23.9 Å². The van der Waals surface area contributed by atoms with Crippen molar-refractivity contribution in [3.8, 4) is 0 Å². The summed E-state index contributed by atoms with van der Waals surface area (Å²) in [4.78, 5) is 16.5. The van der Waals surface area contributed by atoms with E-state index in [0.29, 0.717) is 12.6 Å². The highest BCUT2D eigenvalue weighted by molar-refractivity contribution is 7.10. The molecule has 1 amide bonds. The van der Waals surface area contributed by atoms with Crippen molar-refractivity contribution in [1.29, 1.82) is 0 Å². The fourth-order valence-electron chi connectivity index (χ4n) is 3.74. The summed E-state index contributed by atoms with van der Waals surface area (Å²) in [5.41, 5.74) is 4.85. The van der Waals surface area contributed by atoms with Gasteiger partial charge in [-0.05, 0) is 79.3 Å². The van der Waals surface area contributed by atoms with E-state index >= 15 is 0 Å². The zero-order valence-corrected chi connectivity index (χ0v) is 15.2. The van der Waals surface area contributed by atoms with Crippen LogP contribution in [-0.2, 0) is 11.2 Å². The third kappa shape index (κ3) is 3.13. The van der Waals surface area contributed by atoms with Crippen molar-refractivity contribution in [2.24, 2.45) is 5.92 Å². The summed E-state index contributed by atoms with van der Waals surface area (Å²) in [5.74, 6) is 0.843. The summed E-state index contributed by atoms with van der Waals surface area (Å²) in [6, 6.07) is 8.84. The minimum Gasteiger partial charge on any atom is -0.325 e. The monoisotopic (exact) mass is 340 g/mol. The largest absolute Gasteiger partial charge is 0.325 e. The van der Waals surface area contributed by atoms with Crippen molar-refractivity contribution < 1.29 is 4.79 Å². The topological polar surface area (TPSA) is 32.3 Å². The number of aryl methyl sites for hydroxylation is 2. The summed E-state index contributed by atoms with van der Waals surface area (Å²) in [6.07, 6.45) is 3.68. The lowest BCUT2D eigenvalue weighted by molar-refractivity contribution is -0.118. The predicted molar refractivity (Wildman–Crippen MR) is 99.6 cm³/mol. The van der Waals surface area contributed by atoms with Crippen LogP contribution in [0.2, 0.25) is 0 Å². The molecular formula is C20H24N2OS. The van der Waals surface area contributed by atoms with Gasteiger partial charge < -0.3 is 5.32 Å². The van der Waals surface area contributed by atoms with Gasteiger partial charge in [-0.25, -0.2) is 0 Å². The Kier molecular flexibility index (Phi) is 4.19. The number of carbonyl (C=O) groups excluding carboxylic acids is 1. The molecule has 2 aliphatic rings. The van der Waals surface area contributed by atoms with Crippen molar-refractivity contribution in [2.45, 2.75) is 39.2 Å². The van der Waals surface area contributed by atoms with Crippen LogP contribution in [0.25, 0.3) is 0 Å². The third-order valence-electron chi connectivity index (χ3n) is 5.32. The number of thiophene rings is 1. The van der Waals surface area contributed by atoms with Gasteiger partial charge in [0.25, 0.3) is 0 Å². The Morgan fingerprint density at radius 3 is 2.83 bits per heavy atom. The fraction of sp³-hybridized carbons (Fsp3) is 0.450. The van der Waals surface area contributed by atoms with Gasteiger partial charge in [-0.2, -0.15) is 0 Å². The number of nitrogens with one attached hydrogen (secondary N) is 1. The molecule has 0 spiro atoms. The molecule has 0 radical (unpaired) electrons. The smallest absolute Gasteiger partial charge is 0.238 e. The van der Waals surface area contributed by atoms with E-state index in [4.69, 9.17) is 0 Å². The lowest BCUT2D eigenvalue weighted by Gasteiger charge is -2.35. The lowest BCUT2D eigenvalue weighted by Crippen LogP contribution is -2.41. The second kappa shape index (κ2) is 6.34. The quantitative estimate of drug-likeness (QED) is 0.899. The minimum absolute atomic E-state index is 0.0996. The molecule has 2 aromatic rings. The van der Waals surface area contributed by atoms with Gasteiger partial charge in [0.15, 0.2) is 0 Å². The Hall–Kier alpha value is -1.65. The van der Waals surface area contributed by atoms with Crippen LogP contribution in [0.5, 0.6) is 0 Å². The summed E-state index contributed by atoms with van der Waals surface area (Å²) in [5, 5.41) is 5.28. The molecule has 1 fully saturated rings. The van der Waals surface area contributed by atoms with Gasteiger partial charge in [0.05, 0.1) is 6.54 Å². The molecule has 1 saturated carbocycles. The van der Waals surface area contributed by atoms with Crippen molar-refractivity contribution in [3.05, 3.63) is 51.2 Å². The highest BCUT2D eigenvalue weighted by atomic mass is 32.1. The van der Waals surface area contributed by atoms with Crippen LogP contribution in [0.15, 0.2) is 29.6 Å². The Morgan fingerprint density at radius 1 is 1.25 bits per heavy atom. The Labute approximate surface area is 147 Å². The van der Waals surface area contributed by atoms with Gasteiger partial charge >= 0.3 is 0 Å². The molecule has 1 aliphatic heterocycles. The van der Waals surface area contributed by atoms with Gasteiger partial charge in [-0.15, -0.1) is 11.3 Å². The lowest BCUT2D eigenvalue weighted by atomic mass is 9.96. The summed E-state index contributed by atoms with van der Waals surface area (Å²) in [7, 11) is 0. The summed E-state index contributed by atoms with van der Waals surface area (Å²) >= 11 is 1.87. The molecule has 0 bridgehead atoms. The fourth-order valence-corrected chi connectivity index (χ4v) is 4.66. The maximum Gasteiger partial charge on any atom is 0.238 e. The number of fused-ring (bicyclic) bond motifs is 1. The first kappa shape index (κ1) is 15.9. The molecule has 24 heavy (non-hydrogen) atoms. The van der Waals surface area contributed by atoms with Crippen LogP contribution >= 0.6 is 11.3 Å². The van der Waals surface area contributed by atoms with E-state index in [2.05, 4.69) is 47.6 Å². The first-order valence-corrected chi connectivity index (χ1v) is 9.67. The average molecular weight is 340 g/mol. The van der Waals surface area contributed by atoms with Gasteiger partial charge in [0.1, 0.15) is 0 Å². The number of nitrogens with zero attached hydrogens (tertiary/aromatic N) is 1. The molecule has 2 heterocycles. The van der Waals surface area contributed by atoms with Crippen molar-refractivity contribution in [2.75, 3.05) is 18.4 Å². The van der Waals surface area contributed by atoms with Crippen LogP contribution in [0.4, 0.5) is 5.69 Å². The SMILES string of the molecule is Cc1ccc(NC(=O)CN2CCc3sccc3[C@@H]2C2CC2)cc1C. The van der Waals surface area contributed by atoms with E-state index in [1.54, 1.807) is 0 Å². The van der Waals surface area contributed by atoms with Gasteiger partial charge in [0.2, 0.25) is 5.91 Å². The van der Waals surface area contributed by atoms with Crippen molar-refractivity contribution in [1.82, 2.24) is 4.90 Å². The first-order chi connectivity index (χ1) is 11.6. The van der Waals surface area contributed by atoms with Crippen LogP contribution < -0.4 is 5.32 Å². The van der Waals surface area contributed by atoms with Crippen molar-refractivity contribution >= 4 is 22.9 Å². The summed E-state index contributed by atoms with van der Waals surface area (Å²) in [6.45, 7) is 5.66. The first-order valence-electron chi connectivity index (χ1n) is 8.79. The third-order valence-corrected chi connectivity index (χ3v) is 6.32. The van der Waals surface area contributed by atoms with E-state index in [1.807, 2.05) is 17.4 Å². The Balaban J connectivity index is 1.46. The standard InChI is InChI=1S/C20H24N2OS/c1-13-3-6-16(11-14(13)2)21-19(23)12-22-9-7-18-17(8-10-24-18)20(22)15-4-5-15/h3,6,8,10-11,15,20H,4-5,7,9,12H2,1-2H3,(H,21,23)/t20-/m0/s1. The Bertz CT molecular complexity index is 763. The number of hydrogen-bond acceptors (Lipinski definition) is 3. The average Bonchev–Trinajstić information content (AvgIpc) is 3.27. The number of rotatable bonds is 4. The molecule has 4 heteroatoms. The van der Waals surface area contributed by atoms with E-state index in [0.717, 1.165) is 24.6 Å². The van der Waals surface area contributed by atoms with Crippen molar-refractivity contribution in [3.63, 3.8) is 0 Å². The van der Waals surface area contributed by atoms with E-state index in [9.17, 15) is 4.79 Å². The molecule has 1 aliphatic carbocycles. The normalized spacial score (nSPS) is 20.7. The van der Waals surface area contributed by atoms with E-state index in [1.165, 1.54) is 34.4 Å². The highest BCUT2D eigenvalue weighted by Crippen LogP contribution is 2.48. The second-order valence-corrected chi connectivity index (χ2v) is 8.15. The van der Waals surface area contributed by atoms with Crippen LogP contribution in [0, 0.1) is 19.8 Å². The second-order valence-electron chi connectivity index (χ2n) is 7.15. The van der Waals surface area contributed by atoms with Gasteiger partial charge in [0, 0.05) is 23.2 Å². The molecule has 0 unspecified atom stereocenters. The van der Waals surface area contributed by atoms with Crippen LogP contribution in [0.1, 0.15) is 40.5 Å².